The summed E-state index contributed by atoms with van der Waals surface area (Å²) in [5.41, 5.74) is 2.07. The van der Waals surface area contributed by atoms with Crippen molar-refractivity contribution in [3.63, 3.8) is 0 Å². The molecule has 0 aliphatic rings. The Hall–Kier alpha value is -1.91. The van der Waals surface area contributed by atoms with Gasteiger partial charge in [0.2, 0.25) is 0 Å². The summed E-state index contributed by atoms with van der Waals surface area (Å²) in [6, 6.07) is 12.3. The van der Waals surface area contributed by atoms with E-state index < -0.39 is 0 Å². The van der Waals surface area contributed by atoms with Gasteiger partial charge in [-0.3, -0.25) is 0 Å². The van der Waals surface area contributed by atoms with E-state index in [0.29, 0.717) is 18.1 Å². The first-order valence-corrected chi connectivity index (χ1v) is 6.91. The number of hydrogen-bond acceptors (Lipinski definition) is 3. The lowest BCUT2D eigenvalue weighted by atomic mass is 10.2. The van der Waals surface area contributed by atoms with E-state index in [1.54, 1.807) is 13.2 Å². The third-order valence-electron chi connectivity index (χ3n) is 3.11. The average molecular weight is 289 g/mol. The van der Waals surface area contributed by atoms with Crippen LogP contribution in [0.3, 0.4) is 0 Å². The lowest BCUT2D eigenvalue weighted by Gasteiger charge is -2.10. The second-order valence-electron chi connectivity index (χ2n) is 4.83. The van der Waals surface area contributed by atoms with Crippen molar-refractivity contribution in [2.24, 2.45) is 0 Å². The highest BCUT2D eigenvalue weighted by Crippen LogP contribution is 2.25. The van der Waals surface area contributed by atoms with E-state index in [2.05, 4.69) is 5.32 Å². The van der Waals surface area contributed by atoms with Crippen molar-refractivity contribution in [1.82, 2.24) is 5.32 Å². The average Bonchev–Trinajstić information content (AvgIpc) is 2.49. The molecule has 112 valence electrons. The first-order chi connectivity index (χ1) is 10.2. The lowest BCUT2D eigenvalue weighted by Crippen LogP contribution is -2.18. The molecule has 0 saturated carbocycles. The molecule has 0 aliphatic heterocycles. The summed E-state index contributed by atoms with van der Waals surface area (Å²) >= 11 is 0. The molecule has 0 spiro atoms. The van der Waals surface area contributed by atoms with Crippen LogP contribution >= 0.6 is 0 Å². The normalized spacial score (nSPS) is 10.6. The highest BCUT2D eigenvalue weighted by atomic mass is 19.1. The topological polar surface area (TPSA) is 30.5 Å². The van der Waals surface area contributed by atoms with Crippen molar-refractivity contribution in [3.8, 4) is 11.5 Å². The van der Waals surface area contributed by atoms with E-state index in [4.69, 9.17) is 9.47 Å². The Morgan fingerprint density at radius 1 is 1.10 bits per heavy atom. The summed E-state index contributed by atoms with van der Waals surface area (Å²) < 4.78 is 23.9. The second kappa shape index (κ2) is 7.76. The minimum absolute atomic E-state index is 0.297. The summed E-state index contributed by atoms with van der Waals surface area (Å²) in [6.07, 6.45) is 0. The largest absolute Gasteiger partial charge is 0.457 e. The van der Waals surface area contributed by atoms with E-state index in [-0.39, 0.29) is 5.82 Å². The van der Waals surface area contributed by atoms with Crippen molar-refractivity contribution < 1.29 is 13.9 Å². The van der Waals surface area contributed by atoms with Gasteiger partial charge in [0.05, 0.1) is 6.61 Å². The van der Waals surface area contributed by atoms with E-state index >= 15 is 0 Å². The molecule has 1 N–H and O–H groups in total. The Morgan fingerprint density at radius 3 is 2.57 bits per heavy atom. The van der Waals surface area contributed by atoms with E-state index in [1.165, 1.54) is 12.1 Å². The van der Waals surface area contributed by atoms with Gasteiger partial charge in [0.15, 0.2) is 0 Å². The summed E-state index contributed by atoms with van der Waals surface area (Å²) in [5.74, 6) is 0.944. The van der Waals surface area contributed by atoms with E-state index in [1.807, 2.05) is 31.2 Å². The molecular formula is C17H20FNO2. The van der Waals surface area contributed by atoms with Crippen molar-refractivity contribution in [3.05, 3.63) is 59.4 Å². The number of benzene rings is 2. The maximum Gasteiger partial charge on any atom is 0.133 e. The molecule has 2 aromatic carbocycles. The highest BCUT2D eigenvalue weighted by molar-refractivity contribution is 5.38. The van der Waals surface area contributed by atoms with Crippen LogP contribution in [0.4, 0.5) is 4.39 Å². The van der Waals surface area contributed by atoms with Gasteiger partial charge >= 0.3 is 0 Å². The lowest BCUT2D eigenvalue weighted by molar-refractivity contribution is 0.199. The predicted molar refractivity (Wildman–Crippen MR) is 81.2 cm³/mol. The van der Waals surface area contributed by atoms with E-state index in [9.17, 15) is 4.39 Å². The van der Waals surface area contributed by atoms with E-state index in [0.717, 1.165) is 24.2 Å². The van der Waals surface area contributed by atoms with Crippen LogP contribution in [-0.4, -0.2) is 20.3 Å². The molecular weight excluding hydrogens is 269 g/mol. The van der Waals surface area contributed by atoms with Crippen LogP contribution in [0, 0.1) is 12.7 Å². The zero-order valence-corrected chi connectivity index (χ0v) is 12.4. The second-order valence-corrected chi connectivity index (χ2v) is 4.83. The fraction of sp³-hybridized carbons (Fsp3) is 0.294. The summed E-state index contributed by atoms with van der Waals surface area (Å²) in [4.78, 5) is 0. The number of halogens is 1. The quantitative estimate of drug-likeness (QED) is 0.789. The van der Waals surface area contributed by atoms with Crippen LogP contribution in [0.15, 0.2) is 42.5 Å². The van der Waals surface area contributed by atoms with Crippen LogP contribution in [0.2, 0.25) is 0 Å². The van der Waals surface area contributed by atoms with Crippen LogP contribution in [0.5, 0.6) is 11.5 Å². The first kappa shape index (κ1) is 15.5. The van der Waals surface area contributed by atoms with Crippen LogP contribution in [0.25, 0.3) is 0 Å². The number of methoxy groups -OCH3 is 1. The molecule has 0 atom stereocenters. The fourth-order valence-electron chi connectivity index (χ4n) is 1.89. The number of ether oxygens (including phenoxy) is 2. The number of nitrogens with one attached hydrogen (secondary N) is 1. The summed E-state index contributed by atoms with van der Waals surface area (Å²) in [7, 11) is 1.68. The van der Waals surface area contributed by atoms with Gasteiger partial charge in [0.25, 0.3) is 0 Å². The molecule has 0 radical (unpaired) electrons. The molecule has 0 heterocycles. The Balaban J connectivity index is 1.94. The van der Waals surface area contributed by atoms with Gasteiger partial charge in [-0.05, 0) is 36.2 Å². The molecule has 2 aromatic rings. The fourth-order valence-corrected chi connectivity index (χ4v) is 1.89. The number of rotatable bonds is 7. The third-order valence-corrected chi connectivity index (χ3v) is 3.11. The monoisotopic (exact) mass is 289 g/mol. The number of hydrogen-bond donors (Lipinski definition) is 1. The van der Waals surface area contributed by atoms with Crippen molar-refractivity contribution in [2.75, 3.05) is 20.3 Å². The molecule has 0 amide bonds. The van der Waals surface area contributed by atoms with Crippen LogP contribution < -0.4 is 10.1 Å². The molecule has 21 heavy (non-hydrogen) atoms. The molecule has 2 rings (SSSR count). The summed E-state index contributed by atoms with van der Waals surface area (Å²) in [6.45, 7) is 4.18. The molecule has 0 saturated heterocycles. The molecule has 0 fully saturated rings. The molecule has 0 bridgehead atoms. The molecule has 0 unspecified atom stereocenters. The van der Waals surface area contributed by atoms with Gasteiger partial charge in [0, 0.05) is 26.3 Å². The number of aryl methyl sites for hydroxylation is 1. The zero-order valence-electron chi connectivity index (χ0n) is 12.4. The standard InChI is InChI=1S/C17H20FNO2/c1-13-3-6-15(18)11-17(13)21-16-7-4-14(5-8-16)12-19-9-10-20-2/h3-8,11,19H,9-10,12H2,1-2H3. The van der Waals surface area contributed by atoms with Crippen molar-refractivity contribution >= 4 is 0 Å². The maximum absolute atomic E-state index is 13.2. The molecule has 0 aromatic heterocycles. The zero-order chi connectivity index (χ0) is 15.1. The van der Waals surface area contributed by atoms with Crippen molar-refractivity contribution in [1.29, 1.82) is 0 Å². The molecule has 0 aliphatic carbocycles. The Labute approximate surface area is 124 Å². The summed E-state index contributed by atoms with van der Waals surface area (Å²) in [5, 5.41) is 3.27. The SMILES string of the molecule is COCCNCc1ccc(Oc2cc(F)ccc2C)cc1. The van der Waals surface area contributed by atoms with Gasteiger partial charge < -0.3 is 14.8 Å². The van der Waals surface area contributed by atoms with Crippen LogP contribution in [-0.2, 0) is 11.3 Å². The highest BCUT2D eigenvalue weighted by Gasteiger charge is 2.03. The Morgan fingerprint density at radius 2 is 1.86 bits per heavy atom. The maximum atomic E-state index is 13.2. The molecule has 3 nitrogen and oxygen atoms in total. The first-order valence-electron chi connectivity index (χ1n) is 6.91. The van der Waals surface area contributed by atoms with Gasteiger partial charge in [-0.25, -0.2) is 4.39 Å². The Kier molecular flexibility index (Phi) is 5.72. The van der Waals surface area contributed by atoms with Crippen molar-refractivity contribution in [2.45, 2.75) is 13.5 Å². The minimum Gasteiger partial charge on any atom is -0.457 e. The molecule has 4 heteroatoms. The third kappa shape index (κ3) is 4.85. The Bertz CT molecular complexity index is 570. The minimum atomic E-state index is -0.297. The predicted octanol–water partition coefficient (Wildman–Crippen LogP) is 3.66. The van der Waals surface area contributed by atoms with Gasteiger partial charge in [-0.15, -0.1) is 0 Å². The van der Waals surface area contributed by atoms with Crippen LogP contribution in [0.1, 0.15) is 11.1 Å². The van der Waals surface area contributed by atoms with Gasteiger partial charge in [-0.1, -0.05) is 18.2 Å². The van der Waals surface area contributed by atoms with Gasteiger partial charge in [-0.2, -0.15) is 0 Å². The smallest absolute Gasteiger partial charge is 0.133 e. The van der Waals surface area contributed by atoms with Gasteiger partial charge in [0.1, 0.15) is 17.3 Å².